The number of fused-ring (bicyclic) bond motifs is 4. The monoisotopic (exact) mass is 506 g/mol. The number of anilines is 3. The Morgan fingerprint density at radius 3 is 1.79 bits per heavy atom. The molecule has 0 fully saturated rings. The van der Waals surface area contributed by atoms with Crippen LogP contribution in [0.15, 0.2) is 121 Å². The molecule has 0 amide bonds. The van der Waals surface area contributed by atoms with Crippen LogP contribution in [0.25, 0.3) is 27.5 Å². The van der Waals surface area contributed by atoms with Gasteiger partial charge in [-0.3, -0.25) is 0 Å². The Morgan fingerprint density at radius 2 is 1.10 bits per heavy atom. The van der Waals surface area contributed by atoms with E-state index >= 15 is 0 Å². The van der Waals surface area contributed by atoms with Crippen molar-refractivity contribution in [3.63, 3.8) is 0 Å². The van der Waals surface area contributed by atoms with Crippen molar-refractivity contribution < 1.29 is 0 Å². The standard InChI is InChI=1S/C37H34N2/c1-36(2)25-37(3,4)33-23-28(20-22-32(33)36)39-34-18-12-11-17-30(34)31-21-19-29(24-35(31)39)38(26-13-7-5-8-14-26)27-15-9-6-10-16-27/h5-24H,25H2,1-4H3. The van der Waals surface area contributed by atoms with Crippen LogP contribution in [-0.2, 0) is 10.8 Å². The molecule has 0 aliphatic heterocycles. The molecule has 0 bridgehead atoms. The molecule has 2 nitrogen and oxygen atoms in total. The Kier molecular flexibility index (Phi) is 5.25. The van der Waals surface area contributed by atoms with Crippen molar-refractivity contribution in [1.29, 1.82) is 0 Å². The van der Waals surface area contributed by atoms with Crippen molar-refractivity contribution >= 4 is 38.9 Å². The summed E-state index contributed by atoms with van der Waals surface area (Å²) in [6, 6.07) is 44.2. The van der Waals surface area contributed by atoms with Crippen molar-refractivity contribution in [3.05, 3.63) is 132 Å². The second kappa shape index (κ2) is 8.61. The van der Waals surface area contributed by atoms with E-state index in [0.717, 1.165) is 17.1 Å². The van der Waals surface area contributed by atoms with Gasteiger partial charge in [-0.15, -0.1) is 0 Å². The topological polar surface area (TPSA) is 8.17 Å². The first-order valence-corrected chi connectivity index (χ1v) is 13.9. The summed E-state index contributed by atoms with van der Waals surface area (Å²) in [6.45, 7) is 9.56. The second-order valence-electron chi connectivity index (χ2n) is 12.2. The van der Waals surface area contributed by atoms with E-state index in [9.17, 15) is 0 Å². The van der Waals surface area contributed by atoms with Crippen molar-refractivity contribution in [3.8, 4) is 5.69 Å². The number of rotatable bonds is 4. The lowest BCUT2D eigenvalue weighted by Gasteiger charge is -2.25. The zero-order valence-electron chi connectivity index (χ0n) is 23.1. The number of hydrogen-bond acceptors (Lipinski definition) is 1. The van der Waals surface area contributed by atoms with Crippen LogP contribution in [0.4, 0.5) is 17.1 Å². The first-order valence-electron chi connectivity index (χ1n) is 13.9. The summed E-state index contributed by atoms with van der Waals surface area (Å²) >= 11 is 0. The fraction of sp³-hybridized carbons (Fsp3) is 0.189. The Bertz CT molecular complexity index is 1780. The first-order chi connectivity index (χ1) is 18.8. The van der Waals surface area contributed by atoms with Crippen LogP contribution in [0, 0.1) is 0 Å². The van der Waals surface area contributed by atoms with E-state index in [-0.39, 0.29) is 10.8 Å². The molecule has 39 heavy (non-hydrogen) atoms. The summed E-state index contributed by atoms with van der Waals surface area (Å²) in [5.74, 6) is 0. The van der Waals surface area contributed by atoms with Gasteiger partial charge in [-0.25, -0.2) is 0 Å². The second-order valence-corrected chi connectivity index (χ2v) is 12.2. The van der Waals surface area contributed by atoms with Gasteiger partial charge in [-0.2, -0.15) is 0 Å². The number of aromatic nitrogens is 1. The zero-order valence-corrected chi connectivity index (χ0v) is 23.1. The molecule has 7 rings (SSSR count). The highest BCUT2D eigenvalue weighted by molar-refractivity contribution is 6.10. The maximum Gasteiger partial charge on any atom is 0.0561 e. The molecule has 0 spiro atoms. The van der Waals surface area contributed by atoms with Crippen molar-refractivity contribution in [2.45, 2.75) is 44.9 Å². The van der Waals surface area contributed by atoms with Crippen LogP contribution in [0.3, 0.4) is 0 Å². The van der Waals surface area contributed by atoms with E-state index in [2.05, 4.69) is 158 Å². The zero-order chi connectivity index (χ0) is 26.8. The van der Waals surface area contributed by atoms with E-state index in [0.29, 0.717) is 0 Å². The van der Waals surface area contributed by atoms with Crippen molar-refractivity contribution in [1.82, 2.24) is 4.57 Å². The van der Waals surface area contributed by atoms with Gasteiger partial charge >= 0.3 is 0 Å². The molecule has 1 aliphatic carbocycles. The van der Waals surface area contributed by atoms with Gasteiger partial charge in [0.15, 0.2) is 0 Å². The number of nitrogens with zero attached hydrogens (tertiary/aromatic N) is 2. The lowest BCUT2D eigenvalue weighted by atomic mass is 9.82. The number of para-hydroxylation sites is 3. The van der Waals surface area contributed by atoms with Gasteiger partial charge < -0.3 is 9.47 Å². The molecule has 1 aliphatic rings. The van der Waals surface area contributed by atoms with Gasteiger partial charge in [0.2, 0.25) is 0 Å². The molecule has 0 unspecified atom stereocenters. The highest BCUT2D eigenvalue weighted by atomic mass is 15.1. The normalized spacial score (nSPS) is 15.5. The number of hydrogen-bond donors (Lipinski definition) is 0. The summed E-state index contributed by atoms with van der Waals surface area (Å²) < 4.78 is 2.46. The minimum atomic E-state index is 0.149. The molecule has 0 radical (unpaired) electrons. The number of benzene rings is 5. The molecule has 2 heteroatoms. The van der Waals surface area contributed by atoms with Crippen molar-refractivity contribution in [2.24, 2.45) is 0 Å². The third-order valence-corrected chi connectivity index (χ3v) is 8.55. The van der Waals surface area contributed by atoms with Crippen LogP contribution in [-0.4, -0.2) is 4.57 Å². The molecule has 0 saturated heterocycles. The fourth-order valence-corrected chi connectivity index (χ4v) is 7.09. The largest absolute Gasteiger partial charge is 0.310 e. The van der Waals surface area contributed by atoms with Crippen LogP contribution in [0.1, 0.15) is 45.2 Å². The smallest absolute Gasteiger partial charge is 0.0561 e. The summed E-state index contributed by atoms with van der Waals surface area (Å²) in [4.78, 5) is 2.34. The van der Waals surface area contributed by atoms with Crippen LogP contribution in [0.2, 0.25) is 0 Å². The van der Waals surface area contributed by atoms with Crippen LogP contribution < -0.4 is 4.90 Å². The average Bonchev–Trinajstić information content (AvgIpc) is 3.36. The van der Waals surface area contributed by atoms with Crippen LogP contribution in [0.5, 0.6) is 0 Å². The predicted octanol–water partition coefficient (Wildman–Crippen LogP) is 10.2. The summed E-state index contributed by atoms with van der Waals surface area (Å²) in [6.07, 6.45) is 1.17. The Hall–Kier alpha value is -4.30. The maximum atomic E-state index is 2.46. The summed E-state index contributed by atoms with van der Waals surface area (Å²) in [7, 11) is 0. The molecule has 192 valence electrons. The lowest BCUT2D eigenvalue weighted by Crippen LogP contribution is -2.18. The molecule has 0 saturated carbocycles. The van der Waals surface area contributed by atoms with Crippen LogP contribution >= 0.6 is 0 Å². The Labute approximate surface area is 231 Å². The molecule has 5 aromatic carbocycles. The Morgan fingerprint density at radius 1 is 0.513 bits per heavy atom. The van der Waals surface area contributed by atoms with E-state index in [1.54, 1.807) is 0 Å². The Balaban J connectivity index is 1.49. The quantitative estimate of drug-likeness (QED) is 0.231. The molecule has 1 aromatic heterocycles. The lowest BCUT2D eigenvalue weighted by molar-refractivity contribution is 0.403. The van der Waals surface area contributed by atoms with E-state index in [1.807, 2.05) is 0 Å². The highest BCUT2D eigenvalue weighted by Crippen LogP contribution is 2.50. The van der Waals surface area contributed by atoms with Crippen molar-refractivity contribution in [2.75, 3.05) is 4.90 Å². The minimum absolute atomic E-state index is 0.149. The summed E-state index contributed by atoms with van der Waals surface area (Å²) in [5.41, 5.74) is 10.4. The SMILES string of the molecule is CC1(C)CC(C)(C)c2cc(-n3c4ccccc4c4ccc(N(c5ccccc5)c5ccccc5)cc43)ccc21. The predicted molar refractivity (Wildman–Crippen MR) is 166 cm³/mol. The molecule has 1 heterocycles. The highest BCUT2D eigenvalue weighted by Gasteiger charge is 2.41. The first kappa shape index (κ1) is 23.8. The fourth-order valence-electron chi connectivity index (χ4n) is 7.09. The average molecular weight is 507 g/mol. The van der Waals surface area contributed by atoms with Gasteiger partial charge in [-0.05, 0) is 83.0 Å². The molecular formula is C37H34N2. The van der Waals surface area contributed by atoms with Gasteiger partial charge in [0.05, 0.1) is 11.0 Å². The molecule has 6 aromatic rings. The minimum Gasteiger partial charge on any atom is -0.310 e. The maximum absolute atomic E-state index is 2.46. The van der Waals surface area contributed by atoms with Gasteiger partial charge in [0.1, 0.15) is 0 Å². The van der Waals surface area contributed by atoms with E-state index in [4.69, 9.17) is 0 Å². The molecule has 0 atom stereocenters. The summed E-state index contributed by atoms with van der Waals surface area (Å²) in [5, 5.41) is 2.56. The third kappa shape index (κ3) is 3.78. The van der Waals surface area contributed by atoms with Gasteiger partial charge in [0.25, 0.3) is 0 Å². The molecule has 0 N–H and O–H groups in total. The van der Waals surface area contributed by atoms with E-state index < -0.39 is 0 Å². The van der Waals surface area contributed by atoms with Gasteiger partial charge in [-0.1, -0.05) is 94.4 Å². The van der Waals surface area contributed by atoms with Gasteiger partial charge in [0, 0.05) is 33.5 Å². The third-order valence-electron chi connectivity index (χ3n) is 8.55. The molecular weight excluding hydrogens is 472 g/mol. The van der Waals surface area contributed by atoms with E-state index in [1.165, 1.54) is 45.0 Å².